The maximum Gasteiger partial charge on any atom is 0.141 e. The normalized spacial score (nSPS) is 11.7. The molecule has 0 aliphatic carbocycles. The van der Waals surface area contributed by atoms with Gasteiger partial charge in [0.2, 0.25) is 0 Å². The minimum Gasteiger partial charge on any atom is -0.323 e. The molecule has 0 amide bonds. The highest BCUT2D eigenvalue weighted by atomic mass is 15.1. The molecule has 0 atom stereocenters. The van der Waals surface area contributed by atoms with Gasteiger partial charge in [0.05, 0.1) is 5.52 Å². The van der Waals surface area contributed by atoms with E-state index in [1.165, 1.54) is 16.3 Å². The molecule has 80 valence electrons. The zero-order chi connectivity index (χ0) is 11.1. The summed E-state index contributed by atoms with van der Waals surface area (Å²) in [5, 5.41) is 2.36. The van der Waals surface area contributed by atoms with E-state index < -0.39 is 0 Å². The fourth-order valence-electron chi connectivity index (χ4n) is 2.24. The highest BCUT2D eigenvalue weighted by Crippen LogP contribution is 2.29. The summed E-state index contributed by atoms with van der Waals surface area (Å²) in [5.74, 6) is 0. The molecule has 0 saturated carbocycles. The van der Waals surface area contributed by atoms with E-state index in [-0.39, 0.29) is 0 Å². The van der Waals surface area contributed by atoms with Gasteiger partial charge >= 0.3 is 0 Å². The molecule has 0 aromatic carbocycles. The summed E-state index contributed by atoms with van der Waals surface area (Å²) in [6.07, 6.45) is 5.59. The van der Waals surface area contributed by atoms with Crippen LogP contribution in [0, 0.1) is 0 Å². The highest BCUT2D eigenvalue weighted by Gasteiger charge is 2.12. The molecule has 3 heterocycles. The quantitative estimate of drug-likeness (QED) is 0.619. The van der Waals surface area contributed by atoms with E-state index in [1.54, 1.807) is 0 Å². The second-order valence-electron chi connectivity index (χ2n) is 4.23. The topological polar surface area (TPSA) is 30.7 Å². The fraction of sp³-hybridized carbons (Fsp3) is 0.231. The molecule has 16 heavy (non-hydrogen) atoms. The molecule has 0 radical (unpaired) electrons. The van der Waals surface area contributed by atoms with Crippen LogP contribution in [0.4, 0.5) is 0 Å². The summed E-state index contributed by atoms with van der Waals surface area (Å²) in [7, 11) is 0. The molecule has 3 heteroatoms. The molecule has 3 rings (SSSR count). The first-order chi connectivity index (χ1) is 7.79. The maximum atomic E-state index is 4.47. The molecule has 0 bridgehead atoms. The minimum absolute atomic E-state index is 0.400. The molecular weight excluding hydrogens is 198 g/mol. The first kappa shape index (κ1) is 9.33. The molecule has 0 unspecified atom stereocenters. The molecule has 3 aromatic rings. The molecule has 3 nitrogen and oxygen atoms in total. The Labute approximate surface area is 93.7 Å². The first-order valence-corrected chi connectivity index (χ1v) is 5.47. The van der Waals surface area contributed by atoms with Crippen molar-refractivity contribution in [2.45, 2.75) is 19.9 Å². The number of fused-ring (bicyclic) bond motifs is 3. The van der Waals surface area contributed by atoms with E-state index >= 15 is 0 Å². The third-order valence-corrected chi connectivity index (χ3v) is 2.88. The van der Waals surface area contributed by atoms with Crippen molar-refractivity contribution in [1.29, 1.82) is 0 Å². The van der Waals surface area contributed by atoms with Gasteiger partial charge in [-0.05, 0) is 32.0 Å². The van der Waals surface area contributed by atoms with Gasteiger partial charge in [0, 0.05) is 35.4 Å². The highest BCUT2D eigenvalue weighted by molar-refractivity contribution is 6.06. The second-order valence-corrected chi connectivity index (χ2v) is 4.23. The van der Waals surface area contributed by atoms with Gasteiger partial charge in [-0.3, -0.25) is 4.98 Å². The average molecular weight is 211 g/mol. The van der Waals surface area contributed by atoms with Gasteiger partial charge in [0.1, 0.15) is 5.65 Å². The van der Waals surface area contributed by atoms with Crippen LogP contribution in [0.15, 0.2) is 36.8 Å². The maximum absolute atomic E-state index is 4.47. The molecular formula is C13H13N3. The molecule has 3 aromatic heterocycles. The van der Waals surface area contributed by atoms with Crippen LogP contribution in [-0.4, -0.2) is 14.5 Å². The Hall–Kier alpha value is -1.90. The van der Waals surface area contributed by atoms with E-state index in [2.05, 4.69) is 40.5 Å². The smallest absolute Gasteiger partial charge is 0.141 e. The molecule has 0 aliphatic heterocycles. The van der Waals surface area contributed by atoms with E-state index in [9.17, 15) is 0 Å². The summed E-state index contributed by atoms with van der Waals surface area (Å²) in [4.78, 5) is 8.67. The Morgan fingerprint density at radius 2 is 2.00 bits per heavy atom. The van der Waals surface area contributed by atoms with Crippen molar-refractivity contribution in [2.24, 2.45) is 0 Å². The summed E-state index contributed by atoms with van der Waals surface area (Å²) < 4.78 is 2.26. The Balaban J connectivity index is 2.59. The van der Waals surface area contributed by atoms with E-state index in [0.717, 1.165) is 5.65 Å². The van der Waals surface area contributed by atoms with Gasteiger partial charge < -0.3 is 4.57 Å². The van der Waals surface area contributed by atoms with Gasteiger partial charge in [0.25, 0.3) is 0 Å². The molecule has 0 aliphatic rings. The third kappa shape index (κ3) is 1.14. The Kier molecular flexibility index (Phi) is 1.93. The Morgan fingerprint density at radius 3 is 2.81 bits per heavy atom. The standard InChI is InChI=1S/C13H13N3/c1-9(2)16-12-5-7-14-8-11(12)10-4-3-6-15-13(10)16/h3-9H,1-2H3. The summed E-state index contributed by atoms with van der Waals surface area (Å²) in [6, 6.07) is 6.53. The van der Waals surface area contributed by atoms with Gasteiger partial charge in [-0.25, -0.2) is 4.98 Å². The lowest BCUT2D eigenvalue weighted by Gasteiger charge is -2.09. The number of pyridine rings is 2. The van der Waals surface area contributed by atoms with Gasteiger partial charge in [0.15, 0.2) is 0 Å². The van der Waals surface area contributed by atoms with Crippen molar-refractivity contribution in [3.8, 4) is 0 Å². The average Bonchev–Trinajstić information content (AvgIpc) is 2.63. The van der Waals surface area contributed by atoms with Gasteiger partial charge in [-0.1, -0.05) is 0 Å². The van der Waals surface area contributed by atoms with E-state index in [1.807, 2.05) is 24.7 Å². The van der Waals surface area contributed by atoms with Crippen LogP contribution in [0.3, 0.4) is 0 Å². The van der Waals surface area contributed by atoms with Crippen LogP contribution in [0.1, 0.15) is 19.9 Å². The lowest BCUT2D eigenvalue weighted by molar-refractivity contribution is 0.637. The van der Waals surface area contributed by atoms with Crippen molar-refractivity contribution in [3.05, 3.63) is 36.8 Å². The zero-order valence-corrected chi connectivity index (χ0v) is 9.38. The second kappa shape index (κ2) is 3.30. The van der Waals surface area contributed by atoms with Crippen LogP contribution in [0.25, 0.3) is 21.9 Å². The largest absolute Gasteiger partial charge is 0.323 e. The number of hydrogen-bond donors (Lipinski definition) is 0. The van der Waals surface area contributed by atoms with Crippen molar-refractivity contribution >= 4 is 21.9 Å². The molecule has 0 saturated heterocycles. The van der Waals surface area contributed by atoms with Crippen molar-refractivity contribution < 1.29 is 0 Å². The van der Waals surface area contributed by atoms with E-state index in [4.69, 9.17) is 0 Å². The summed E-state index contributed by atoms with van der Waals surface area (Å²) in [6.45, 7) is 4.35. The number of nitrogens with zero attached hydrogens (tertiary/aromatic N) is 3. The molecule has 0 spiro atoms. The lowest BCUT2D eigenvalue weighted by atomic mass is 10.2. The van der Waals surface area contributed by atoms with Crippen LogP contribution in [-0.2, 0) is 0 Å². The Bertz CT molecular complexity index is 599. The van der Waals surface area contributed by atoms with Crippen molar-refractivity contribution in [3.63, 3.8) is 0 Å². The van der Waals surface area contributed by atoms with Crippen LogP contribution in [0.2, 0.25) is 0 Å². The van der Waals surface area contributed by atoms with Gasteiger partial charge in [-0.2, -0.15) is 0 Å². The predicted molar refractivity (Wildman–Crippen MR) is 65.4 cm³/mol. The number of rotatable bonds is 1. The number of aromatic nitrogens is 3. The van der Waals surface area contributed by atoms with Crippen LogP contribution < -0.4 is 0 Å². The molecule has 0 N–H and O–H groups in total. The fourth-order valence-corrected chi connectivity index (χ4v) is 2.24. The number of hydrogen-bond acceptors (Lipinski definition) is 2. The Morgan fingerprint density at radius 1 is 1.12 bits per heavy atom. The monoisotopic (exact) mass is 211 g/mol. The minimum atomic E-state index is 0.400. The van der Waals surface area contributed by atoms with Gasteiger partial charge in [-0.15, -0.1) is 0 Å². The summed E-state index contributed by atoms with van der Waals surface area (Å²) >= 11 is 0. The third-order valence-electron chi connectivity index (χ3n) is 2.88. The SMILES string of the molecule is CC(C)n1c2ccncc2c2cccnc21. The molecule has 0 fully saturated rings. The predicted octanol–water partition coefficient (Wildman–Crippen LogP) is 3.17. The van der Waals surface area contributed by atoms with Crippen LogP contribution in [0.5, 0.6) is 0 Å². The lowest BCUT2D eigenvalue weighted by Crippen LogP contribution is -2.00. The van der Waals surface area contributed by atoms with E-state index in [0.29, 0.717) is 6.04 Å². The van der Waals surface area contributed by atoms with Crippen molar-refractivity contribution in [1.82, 2.24) is 14.5 Å². The van der Waals surface area contributed by atoms with Crippen molar-refractivity contribution in [2.75, 3.05) is 0 Å². The van der Waals surface area contributed by atoms with Crippen LogP contribution >= 0.6 is 0 Å². The summed E-state index contributed by atoms with van der Waals surface area (Å²) in [5.41, 5.74) is 2.25. The zero-order valence-electron chi connectivity index (χ0n) is 9.38. The first-order valence-electron chi connectivity index (χ1n) is 5.47.